The van der Waals surface area contributed by atoms with Gasteiger partial charge < -0.3 is 20.1 Å². The molecule has 6 heteroatoms. The van der Waals surface area contributed by atoms with E-state index in [4.69, 9.17) is 9.47 Å². The average Bonchev–Trinajstić information content (AvgIpc) is 2.67. The van der Waals surface area contributed by atoms with Crippen LogP contribution in [0.3, 0.4) is 0 Å². The summed E-state index contributed by atoms with van der Waals surface area (Å²) in [5, 5.41) is 5.69. The number of carbonyl (C=O) groups is 2. The molecule has 0 atom stereocenters. The van der Waals surface area contributed by atoms with Crippen molar-refractivity contribution >= 4 is 23.2 Å². The number of unbranched alkanes of at least 4 members (excludes halogenated alkanes) is 2. The summed E-state index contributed by atoms with van der Waals surface area (Å²) < 4.78 is 10.8. The first-order valence-electron chi connectivity index (χ1n) is 9.28. The molecule has 4 rings (SSSR count). The number of nitrogens with one attached hydrogen (secondary N) is 2. The van der Waals surface area contributed by atoms with Crippen LogP contribution in [0.25, 0.3) is 0 Å². The molecule has 0 saturated carbocycles. The van der Waals surface area contributed by atoms with Crippen molar-refractivity contribution in [3.63, 3.8) is 0 Å². The van der Waals surface area contributed by atoms with E-state index in [-0.39, 0.29) is 25.0 Å². The van der Waals surface area contributed by atoms with Crippen molar-refractivity contribution in [1.29, 1.82) is 0 Å². The number of amides is 2. The van der Waals surface area contributed by atoms with Crippen molar-refractivity contribution in [2.75, 3.05) is 23.8 Å². The summed E-state index contributed by atoms with van der Waals surface area (Å²) in [5.74, 6) is 1.27. The van der Waals surface area contributed by atoms with Crippen LogP contribution in [0.4, 0.5) is 11.4 Å². The second-order valence-electron chi connectivity index (χ2n) is 6.90. The molecule has 0 bridgehead atoms. The summed E-state index contributed by atoms with van der Waals surface area (Å²) in [7, 11) is 0. The van der Waals surface area contributed by atoms with E-state index in [1.165, 1.54) is 11.1 Å². The molecule has 0 fully saturated rings. The van der Waals surface area contributed by atoms with Crippen LogP contribution < -0.4 is 20.1 Å². The Morgan fingerprint density at radius 1 is 0.704 bits per heavy atom. The maximum atomic E-state index is 11.4. The molecule has 2 aliphatic rings. The van der Waals surface area contributed by atoms with Crippen molar-refractivity contribution < 1.29 is 19.1 Å². The lowest BCUT2D eigenvalue weighted by molar-refractivity contribution is -0.119. The molecule has 2 aromatic carbocycles. The third-order valence-electron chi connectivity index (χ3n) is 4.78. The number of aryl methyl sites for hydroxylation is 2. The topological polar surface area (TPSA) is 76.7 Å². The van der Waals surface area contributed by atoms with Crippen molar-refractivity contribution in [1.82, 2.24) is 0 Å². The summed E-state index contributed by atoms with van der Waals surface area (Å²) in [5.41, 5.74) is 3.94. The van der Waals surface area contributed by atoms with Crippen LogP contribution >= 0.6 is 0 Å². The van der Waals surface area contributed by atoms with Crippen molar-refractivity contribution in [3.05, 3.63) is 47.5 Å². The SMILES string of the molecule is O=C1COc2ccc(CCCCCc3ccc4c(c3)NC(=O)CO4)cc2N1. The zero-order chi connectivity index (χ0) is 18.6. The number of benzene rings is 2. The van der Waals surface area contributed by atoms with Gasteiger partial charge in [-0.3, -0.25) is 9.59 Å². The molecule has 6 nitrogen and oxygen atoms in total. The molecule has 0 aromatic heterocycles. The van der Waals surface area contributed by atoms with Crippen LogP contribution in [-0.4, -0.2) is 25.0 Å². The molecule has 2 aromatic rings. The second-order valence-corrected chi connectivity index (χ2v) is 6.90. The van der Waals surface area contributed by atoms with E-state index >= 15 is 0 Å². The van der Waals surface area contributed by atoms with E-state index in [9.17, 15) is 9.59 Å². The smallest absolute Gasteiger partial charge is 0.262 e. The number of rotatable bonds is 6. The van der Waals surface area contributed by atoms with Crippen LogP contribution in [0.2, 0.25) is 0 Å². The summed E-state index contributed by atoms with van der Waals surface area (Å²) >= 11 is 0. The maximum Gasteiger partial charge on any atom is 0.262 e. The molecule has 0 unspecified atom stereocenters. The van der Waals surface area contributed by atoms with Gasteiger partial charge in [-0.1, -0.05) is 18.6 Å². The molecule has 0 radical (unpaired) electrons. The number of anilines is 2. The third kappa shape index (κ3) is 4.22. The molecule has 0 aliphatic carbocycles. The third-order valence-corrected chi connectivity index (χ3v) is 4.78. The number of hydrogen-bond donors (Lipinski definition) is 2. The average molecular weight is 366 g/mol. The number of carbonyl (C=O) groups excluding carboxylic acids is 2. The summed E-state index contributed by atoms with van der Waals surface area (Å²) in [6.45, 7) is 0.176. The van der Waals surface area contributed by atoms with Gasteiger partial charge >= 0.3 is 0 Å². The monoisotopic (exact) mass is 366 g/mol. The lowest BCUT2D eigenvalue weighted by Gasteiger charge is -2.18. The first kappa shape index (κ1) is 17.4. The van der Waals surface area contributed by atoms with Gasteiger partial charge in [-0.25, -0.2) is 0 Å². The van der Waals surface area contributed by atoms with Crippen LogP contribution in [0.15, 0.2) is 36.4 Å². The van der Waals surface area contributed by atoms with Crippen molar-refractivity contribution in [2.24, 2.45) is 0 Å². The van der Waals surface area contributed by atoms with Gasteiger partial charge in [0.2, 0.25) is 0 Å². The summed E-state index contributed by atoms with van der Waals surface area (Å²) in [4.78, 5) is 22.8. The Kier molecular flexibility index (Phi) is 4.96. The Bertz CT molecular complexity index is 807. The van der Waals surface area contributed by atoms with E-state index in [1.807, 2.05) is 24.3 Å². The minimum absolute atomic E-state index is 0.0881. The highest BCUT2D eigenvalue weighted by atomic mass is 16.5. The summed E-state index contributed by atoms with van der Waals surface area (Å²) in [6, 6.07) is 12.0. The maximum absolute atomic E-state index is 11.4. The number of fused-ring (bicyclic) bond motifs is 2. The van der Waals surface area contributed by atoms with E-state index in [2.05, 4.69) is 22.8 Å². The van der Waals surface area contributed by atoms with Gasteiger partial charge in [-0.15, -0.1) is 0 Å². The van der Waals surface area contributed by atoms with Gasteiger partial charge in [0, 0.05) is 0 Å². The van der Waals surface area contributed by atoms with Gasteiger partial charge in [0.15, 0.2) is 13.2 Å². The molecule has 2 heterocycles. The molecular weight excluding hydrogens is 344 g/mol. The van der Waals surface area contributed by atoms with Crippen LogP contribution in [-0.2, 0) is 22.4 Å². The molecule has 2 amide bonds. The number of hydrogen-bond acceptors (Lipinski definition) is 4. The zero-order valence-electron chi connectivity index (χ0n) is 15.0. The normalized spacial score (nSPS) is 15.0. The van der Waals surface area contributed by atoms with Crippen LogP contribution in [0.5, 0.6) is 11.5 Å². The molecule has 0 spiro atoms. The fraction of sp³-hybridized carbons (Fsp3) is 0.333. The lowest BCUT2D eigenvalue weighted by atomic mass is 10.0. The highest BCUT2D eigenvalue weighted by Gasteiger charge is 2.16. The van der Waals surface area contributed by atoms with E-state index in [0.717, 1.165) is 55.0 Å². The largest absolute Gasteiger partial charge is 0.482 e. The fourth-order valence-electron chi connectivity index (χ4n) is 3.41. The molecule has 0 saturated heterocycles. The molecule has 2 aliphatic heterocycles. The Morgan fingerprint density at radius 3 is 1.67 bits per heavy atom. The molecule has 2 N–H and O–H groups in total. The van der Waals surface area contributed by atoms with Gasteiger partial charge in [0.05, 0.1) is 11.4 Å². The van der Waals surface area contributed by atoms with Gasteiger partial charge in [0.25, 0.3) is 11.8 Å². The van der Waals surface area contributed by atoms with E-state index in [1.54, 1.807) is 0 Å². The Balaban J connectivity index is 1.24. The standard InChI is InChI=1S/C21H22N2O4/c24-20-12-26-18-8-6-14(10-16(18)22-20)4-2-1-3-5-15-7-9-19-17(11-15)23-21(25)13-27-19/h6-11H,1-5,12-13H2,(H,22,24)(H,23,25). The lowest BCUT2D eigenvalue weighted by Crippen LogP contribution is -2.25. The number of ether oxygens (including phenoxy) is 2. The fourth-order valence-corrected chi connectivity index (χ4v) is 3.41. The Hall–Kier alpha value is -3.02. The highest BCUT2D eigenvalue weighted by molar-refractivity contribution is 5.96. The van der Waals surface area contributed by atoms with Gasteiger partial charge in [-0.2, -0.15) is 0 Å². The second kappa shape index (κ2) is 7.70. The van der Waals surface area contributed by atoms with E-state index < -0.39 is 0 Å². The van der Waals surface area contributed by atoms with Crippen LogP contribution in [0.1, 0.15) is 30.4 Å². The Morgan fingerprint density at radius 2 is 1.19 bits per heavy atom. The minimum Gasteiger partial charge on any atom is -0.482 e. The van der Waals surface area contributed by atoms with Crippen molar-refractivity contribution in [2.45, 2.75) is 32.1 Å². The predicted molar refractivity (Wildman–Crippen MR) is 102 cm³/mol. The highest BCUT2D eigenvalue weighted by Crippen LogP contribution is 2.30. The van der Waals surface area contributed by atoms with Crippen molar-refractivity contribution in [3.8, 4) is 11.5 Å². The Labute approximate surface area is 157 Å². The molecular formula is C21H22N2O4. The van der Waals surface area contributed by atoms with E-state index in [0.29, 0.717) is 0 Å². The quantitative estimate of drug-likeness (QED) is 0.769. The molecule has 27 heavy (non-hydrogen) atoms. The van der Waals surface area contributed by atoms with Gasteiger partial charge in [0.1, 0.15) is 11.5 Å². The zero-order valence-corrected chi connectivity index (χ0v) is 15.0. The summed E-state index contributed by atoms with van der Waals surface area (Å²) in [6.07, 6.45) is 5.21. The van der Waals surface area contributed by atoms with Crippen LogP contribution in [0, 0.1) is 0 Å². The minimum atomic E-state index is -0.105. The first-order chi connectivity index (χ1) is 13.2. The van der Waals surface area contributed by atoms with Gasteiger partial charge in [-0.05, 0) is 61.1 Å². The molecule has 140 valence electrons. The predicted octanol–water partition coefficient (Wildman–Crippen LogP) is 3.30. The first-order valence-corrected chi connectivity index (χ1v) is 9.28.